The Hall–Kier alpha value is -2.64. The molecule has 2 aromatic rings. The van der Waals surface area contributed by atoms with Gasteiger partial charge in [-0.15, -0.1) is 0 Å². The summed E-state index contributed by atoms with van der Waals surface area (Å²) in [5.74, 6) is 0.622. The molecule has 3 heterocycles. The van der Waals surface area contributed by atoms with Crippen LogP contribution in [-0.2, 0) is 15.1 Å². The van der Waals surface area contributed by atoms with E-state index in [9.17, 15) is 4.79 Å². The molecular weight excluding hydrogens is 416 g/mol. The molecule has 1 aromatic heterocycles. The molecule has 7 nitrogen and oxygen atoms in total. The summed E-state index contributed by atoms with van der Waals surface area (Å²) >= 11 is 6.16. The molecule has 162 valence electrons. The van der Waals surface area contributed by atoms with Gasteiger partial charge in [0.25, 0.3) is 5.91 Å². The number of halogens is 1. The van der Waals surface area contributed by atoms with E-state index in [0.717, 1.165) is 29.5 Å². The van der Waals surface area contributed by atoms with Crippen LogP contribution < -0.4 is 10.5 Å². The first-order chi connectivity index (χ1) is 14.9. The van der Waals surface area contributed by atoms with Gasteiger partial charge in [-0.2, -0.15) is 0 Å². The Morgan fingerprint density at radius 1 is 1.29 bits per heavy atom. The highest BCUT2D eigenvalue weighted by molar-refractivity contribution is 6.30. The average molecular weight is 441 g/mol. The topological polar surface area (TPSA) is 90.0 Å². The predicted molar refractivity (Wildman–Crippen MR) is 118 cm³/mol. The minimum absolute atomic E-state index is 0.0729. The summed E-state index contributed by atoms with van der Waals surface area (Å²) in [5.41, 5.74) is 7.54. The number of fused-ring (bicyclic) bond motifs is 4. The van der Waals surface area contributed by atoms with Crippen LogP contribution in [0.3, 0.4) is 0 Å². The number of ether oxygens (including phenoxy) is 2. The number of guanidine groups is 1. The fourth-order valence-corrected chi connectivity index (χ4v) is 5.37. The van der Waals surface area contributed by atoms with Gasteiger partial charge >= 0.3 is 0 Å². The second-order valence-corrected chi connectivity index (χ2v) is 8.79. The number of aliphatic imine (C=N–C) groups is 1. The lowest BCUT2D eigenvalue weighted by molar-refractivity contribution is -0.139. The zero-order chi connectivity index (χ0) is 21.8. The van der Waals surface area contributed by atoms with Crippen LogP contribution in [0.15, 0.2) is 41.7 Å². The number of hydrogen-bond acceptors (Lipinski definition) is 6. The van der Waals surface area contributed by atoms with Crippen molar-refractivity contribution < 1.29 is 14.3 Å². The van der Waals surface area contributed by atoms with Crippen molar-refractivity contribution in [1.29, 1.82) is 0 Å². The third kappa shape index (κ3) is 3.10. The van der Waals surface area contributed by atoms with Crippen LogP contribution in [0.25, 0.3) is 11.1 Å². The largest absolute Gasteiger partial charge is 0.490 e. The van der Waals surface area contributed by atoms with Gasteiger partial charge in [-0.05, 0) is 49.9 Å². The fraction of sp³-hybridized carbons (Fsp3) is 0.435. The number of pyridine rings is 1. The van der Waals surface area contributed by atoms with E-state index >= 15 is 0 Å². The molecule has 8 heteroatoms. The number of benzene rings is 1. The van der Waals surface area contributed by atoms with Crippen LogP contribution in [0.2, 0.25) is 5.02 Å². The molecule has 0 bridgehead atoms. The van der Waals surface area contributed by atoms with Gasteiger partial charge in [-0.25, -0.2) is 4.99 Å². The zero-order valence-corrected chi connectivity index (χ0v) is 18.3. The second-order valence-electron chi connectivity index (χ2n) is 8.36. The Bertz CT molecular complexity index is 1070. The molecule has 1 aromatic carbocycles. The molecule has 3 aliphatic rings. The van der Waals surface area contributed by atoms with Crippen molar-refractivity contribution in [1.82, 2.24) is 9.88 Å². The minimum atomic E-state index is -1.12. The van der Waals surface area contributed by atoms with Crippen LogP contribution in [0.4, 0.5) is 0 Å². The summed E-state index contributed by atoms with van der Waals surface area (Å²) in [6, 6.07) is 7.69. The highest BCUT2D eigenvalue weighted by Crippen LogP contribution is 2.54. The molecule has 1 saturated carbocycles. The van der Waals surface area contributed by atoms with Crippen LogP contribution in [0.1, 0.15) is 31.7 Å². The molecule has 1 amide bonds. The Kier molecular flexibility index (Phi) is 4.90. The van der Waals surface area contributed by atoms with E-state index in [4.69, 9.17) is 31.8 Å². The molecule has 0 saturated heterocycles. The second kappa shape index (κ2) is 7.50. The van der Waals surface area contributed by atoms with E-state index in [1.807, 2.05) is 31.2 Å². The summed E-state index contributed by atoms with van der Waals surface area (Å²) in [6.45, 7) is 2.63. The Balaban J connectivity index is 1.67. The van der Waals surface area contributed by atoms with Crippen molar-refractivity contribution in [3.63, 3.8) is 0 Å². The van der Waals surface area contributed by atoms with Gasteiger partial charge in [-0.3, -0.25) is 14.7 Å². The maximum Gasteiger partial charge on any atom is 0.262 e. The first kappa shape index (κ1) is 20.3. The quantitative estimate of drug-likeness (QED) is 0.790. The van der Waals surface area contributed by atoms with Gasteiger partial charge in [0.1, 0.15) is 11.9 Å². The average Bonchev–Trinajstić information content (AvgIpc) is 2.99. The highest BCUT2D eigenvalue weighted by atomic mass is 35.5. The van der Waals surface area contributed by atoms with Gasteiger partial charge in [-0.1, -0.05) is 17.7 Å². The predicted octanol–water partition coefficient (Wildman–Crippen LogP) is 3.35. The third-order valence-electron chi connectivity index (χ3n) is 6.65. The fourth-order valence-electron chi connectivity index (χ4n) is 5.19. The zero-order valence-electron chi connectivity index (χ0n) is 17.5. The molecule has 1 fully saturated rings. The van der Waals surface area contributed by atoms with E-state index in [1.165, 1.54) is 4.90 Å². The van der Waals surface area contributed by atoms with Crippen LogP contribution in [0, 0.1) is 5.92 Å². The van der Waals surface area contributed by atoms with Gasteiger partial charge in [0.15, 0.2) is 11.5 Å². The summed E-state index contributed by atoms with van der Waals surface area (Å²) in [5, 5.41) is 0.548. The lowest BCUT2D eigenvalue weighted by Crippen LogP contribution is -2.55. The lowest BCUT2D eigenvalue weighted by atomic mass is 9.66. The van der Waals surface area contributed by atoms with Gasteiger partial charge in [0.2, 0.25) is 0 Å². The Morgan fingerprint density at radius 2 is 2.13 bits per heavy atom. The number of carbonyl (C=O) groups is 1. The number of amides is 1. The third-order valence-corrected chi connectivity index (χ3v) is 6.86. The first-order valence-corrected chi connectivity index (χ1v) is 11.0. The summed E-state index contributed by atoms with van der Waals surface area (Å²) in [7, 11) is 1.67. The standard InChI is InChI=1S/C23H25ClN4O3/c1-3-30-16-5-7-20-18(10-16)23(21(29)28(2)22(25)27-23)17-9-13(4-6-19(17)31-20)14-8-15(24)12-26-11-14/h4,6,8-9,11-12,16,18,20H,3,5,7,10H2,1-2H3,(H2,25,27)/t16-,18-,20?,23-/m0/s1. The van der Waals surface area contributed by atoms with E-state index in [2.05, 4.69) is 4.98 Å². The SMILES string of the molecule is CCO[C@H]1CCC2Oc3ccc(-c4cncc(Cl)c4)cc3[C@]3(N=C(N)N(C)C3=O)[C@H]2C1. The number of carbonyl (C=O) groups excluding carboxylic acids is 1. The monoisotopic (exact) mass is 440 g/mol. The first-order valence-electron chi connectivity index (χ1n) is 10.6. The molecule has 0 radical (unpaired) electrons. The minimum Gasteiger partial charge on any atom is -0.490 e. The Labute approximate surface area is 186 Å². The maximum atomic E-state index is 13.7. The van der Waals surface area contributed by atoms with Crippen molar-refractivity contribution in [2.45, 2.75) is 43.9 Å². The van der Waals surface area contributed by atoms with Crippen molar-refractivity contribution in [3.8, 4) is 16.9 Å². The van der Waals surface area contributed by atoms with Gasteiger partial charge in [0.05, 0.1) is 11.1 Å². The number of rotatable bonds is 3. The smallest absolute Gasteiger partial charge is 0.262 e. The molecule has 4 atom stereocenters. The number of nitrogens with zero attached hydrogens (tertiary/aromatic N) is 3. The normalized spacial score (nSPS) is 29.4. The number of aromatic nitrogens is 1. The number of hydrogen-bond donors (Lipinski definition) is 1. The molecule has 31 heavy (non-hydrogen) atoms. The van der Waals surface area contributed by atoms with Gasteiger partial charge in [0, 0.05) is 43.1 Å². The summed E-state index contributed by atoms with van der Waals surface area (Å²) in [4.78, 5) is 24.1. The maximum absolute atomic E-state index is 13.7. The number of likely N-dealkylation sites (N-methyl/N-ethyl adjacent to an activating group) is 1. The van der Waals surface area contributed by atoms with E-state index in [-0.39, 0.29) is 30.0 Å². The number of nitrogens with two attached hydrogens (primary N) is 1. The summed E-state index contributed by atoms with van der Waals surface area (Å²) < 4.78 is 12.3. The molecule has 1 spiro atoms. The molecule has 5 rings (SSSR count). The van der Waals surface area contributed by atoms with Gasteiger partial charge < -0.3 is 15.2 Å². The highest BCUT2D eigenvalue weighted by Gasteiger charge is 2.61. The van der Waals surface area contributed by atoms with Crippen molar-refractivity contribution in [3.05, 3.63) is 47.2 Å². The van der Waals surface area contributed by atoms with Crippen LogP contribution in [-0.4, -0.2) is 47.6 Å². The molecular formula is C23H25ClN4O3. The molecule has 1 unspecified atom stereocenters. The van der Waals surface area contributed by atoms with Crippen molar-refractivity contribution in [2.24, 2.45) is 16.6 Å². The van der Waals surface area contributed by atoms with E-state index in [0.29, 0.717) is 23.8 Å². The molecule has 2 aliphatic heterocycles. The Morgan fingerprint density at radius 3 is 2.84 bits per heavy atom. The van der Waals surface area contributed by atoms with Crippen molar-refractivity contribution in [2.75, 3.05) is 13.7 Å². The molecule has 1 aliphatic carbocycles. The lowest BCUT2D eigenvalue weighted by Gasteiger charge is -2.47. The van der Waals surface area contributed by atoms with Crippen molar-refractivity contribution >= 4 is 23.5 Å². The van der Waals surface area contributed by atoms with Crippen LogP contribution >= 0.6 is 11.6 Å². The van der Waals surface area contributed by atoms with Crippen LogP contribution in [0.5, 0.6) is 5.75 Å². The van der Waals surface area contributed by atoms with E-state index < -0.39 is 5.54 Å². The van der Waals surface area contributed by atoms with E-state index in [1.54, 1.807) is 19.4 Å². The molecule has 2 N–H and O–H groups in total. The summed E-state index contributed by atoms with van der Waals surface area (Å²) in [6.07, 6.45) is 5.70.